The van der Waals surface area contributed by atoms with E-state index in [0.29, 0.717) is 11.3 Å². The Morgan fingerprint density at radius 2 is 1.76 bits per heavy atom. The number of hydrogen-bond acceptors (Lipinski definition) is 5. The first-order valence-electron chi connectivity index (χ1n) is 7.31. The lowest BCUT2D eigenvalue weighted by Crippen LogP contribution is -2.15. The Kier molecular flexibility index (Phi) is 4.62. The number of hydrogen-bond donors (Lipinski definition) is 2. The molecule has 0 spiro atoms. The minimum absolute atomic E-state index is 0.0848. The van der Waals surface area contributed by atoms with Crippen molar-refractivity contribution in [3.8, 4) is 6.07 Å². The lowest BCUT2D eigenvalue weighted by molar-refractivity contribution is 0.102. The second kappa shape index (κ2) is 7.19. The van der Waals surface area contributed by atoms with Gasteiger partial charge >= 0.3 is 0 Å². The van der Waals surface area contributed by atoms with Crippen LogP contribution in [0.25, 0.3) is 0 Å². The molecule has 0 bridgehead atoms. The van der Waals surface area contributed by atoms with Crippen LogP contribution in [0.1, 0.15) is 16.1 Å². The fourth-order valence-corrected chi connectivity index (χ4v) is 2.13. The van der Waals surface area contributed by atoms with Gasteiger partial charge in [-0.25, -0.2) is 14.4 Å². The molecule has 0 radical (unpaired) electrons. The van der Waals surface area contributed by atoms with Crippen LogP contribution in [0.3, 0.4) is 0 Å². The SMILES string of the molecule is N#Cc1ccccc1NC(=O)c1cc(Nc2ccccc2F)ncn1. The summed E-state index contributed by atoms with van der Waals surface area (Å²) in [7, 11) is 0. The van der Waals surface area contributed by atoms with Crippen molar-refractivity contribution in [3.63, 3.8) is 0 Å². The highest BCUT2D eigenvalue weighted by Gasteiger charge is 2.12. The van der Waals surface area contributed by atoms with Crippen LogP contribution in [0.4, 0.5) is 21.6 Å². The summed E-state index contributed by atoms with van der Waals surface area (Å²) < 4.78 is 13.7. The normalized spacial score (nSPS) is 9.92. The summed E-state index contributed by atoms with van der Waals surface area (Å²) in [5, 5.41) is 14.5. The number of halogens is 1. The molecule has 1 heterocycles. The minimum atomic E-state index is -0.498. The molecule has 2 N–H and O–H groups in total. The Morgan fingerprint density at radius 3 is 2.52 bits per heavy atom. The Morgan fingerprint density at radius 1 is 1.04 bits per heavy atom. The number of nitriles is 1. The van der Waals surface area contributed by atoms with Gasteiger partial charge in [-0.2, -0.15) is 5.26 Å². The van der Waals surface area contributed by atoms with E-state index in [2.05, 4.69) is 20.6 Å². The zero-order valence-electron chi connectivity index (χ0n) is 12.9. The molecular weight excluding hydrogens is 321 g/mol. The van der Waals surface area contributed by atoms with Crippen molar-refractivity contribution in [2.24, 2.45) is 0 Å². The maximum Gasteiger partial charge on any atom is 0.274 e. The van der Waals surface area contributed by atoms with E-state index in [1.807, 2.05) is 6.07 Å². The lowest BCUT2D eigenvalue weighted by Gasteiger charge is -2.09. The number of aromatic nitrogens is 2. The standard InChI is InChI=1S/C18H12FN5O/c19-13-6-2-4-8-15(13)23-17-9-16(21-11-22-17)18(25)24-14-7-3-1-5-12(14)10-20/h1-9,11H,(H,24,25)(H,21,22,23). The molecule has 0 aliphatic heterocycles. The Balaban J connectivity index is 1.80. The highest BCUT2D eigenvalue weighted by molar-refractivity contribution is 6.03. The van der Waals surface area contributed by atoms with Crippen molar-refractivity contribution < 1.29 is 9.18 Å². The third-order valence-electron chi connectivity index (χ3n) is 3.33. The monoisotopic (exact) mass is 333 g/mol. The molecule has 1 amide bonds. The molecule has 0 atom stereocenters. The summed E-state index contributed by atoms with van der Waals surface area (Å²) in [6.07, 6.45) is 1.20. The van der Waals surface area contributed by atoms with E-state index in [0.717, 1.165) is 0 Å². The summed E-state index contributed by atoms with van der Waals surface area (Å²) in [6, 6.07) is 16.2. The molecular formula is C18H12FN5O. The third-order valence-corrected chi connectivity index (χ3v) is 3.33. The molecule has 0 unspecified atom stereocenters. The van der Waals surface area contributed by atoms with Crippen LogP contribution in [-0.2, 0) is 0 Å². The number of nitrogens with zero attached hydrogens (tertiary/aromatic N) is 3. The molecule has 3 rings (SSSR count). The van der Waals surface area contributed by atoms with Crippen molar-refractivity contribution in [1.82, 2.24) is 9.97 Å². The second-order valence-electron chi connectivity index (χ2n) is 5.00. The zero-order chi connectivity index (χ0) is 17.6. The van der Waals surface area contributed by atoms with Crippen LogP contribution in [0, 0.1) is 17.1 Å². The summed E-state index contributed by atoms with van der Waals surface area (Å²) in [5.41, 5.74) is 1.05. The van der Waals surface area contributed by atoms with Gasteiger partial charge in [-0.1, -0.05) is 24.3 Å². The zero-order valence-corrected chi connectivity index (χ0v) is 12.9. The van der Waals surface area contributed by atoms with Gasteiger partial charge in [-0.05, 0) is 24.3 Å². The summed E-state index contributed by atoms with van der Waals surface area (Å²) in [5.74, 6) is -0.657. The summed E-state index contributed by atoms with van der Waals surface area (Å²) in [6.45, 7) is 0. The number of carbonyl (C=O) groups is 1. The van der Waals surface area contributed by atoms with Crippen LogP contribution < -0.4 is 10.6 Å². The summed E-state index contributed by atoms with van der Waals surface area (Å²) >= 11 is 0. The van der Waals surface area contributed by atoms with Crippen molar-refractivity contribution in [1.29, 1.82) is 5.26 Å². The molecule has 2 aromatic carbocycles. The predicted octanol–water partition coefficient (Wildman–Crippen LogP) is 3.48. The first-order chi connectivity index (χ1) is 12.2. The Labute approximate surface area is 143 Å². The van der Waals surface area contributed by atoms with E-state index in [1.165, 1.54) is 18.5 Å². The van der Waals surface area contributed by atoms with Gasteiger partial charge in [-0.3, -0.25) is 4.79 Å². The maximum atomic E-state index is 13.7. The first-order valence-corrected chi connectivity index (χ1v) is 7.31. The molecule has 1 aromatic heterocycles. The molecule has 7 heteroatoms. The fraction of sp³-hybridized carbons (Fsp3) is 0. The summed E-state index contributed by atoms with van der Waals surface area (Å²) in [4.78, 5) is 20.2. The molecule has 6 nitrogen and oxygen atoms in total. The van der Waals surface area contributed by atoms with Gasteiger partial charge < -0.3 is 10.6 Å². The molecule has 0 fully saturated rings. The molecule has 122 valence electrons. The number of para-hydroxylation sites is 2. The van der Waals surface area contributed by atoms with E-state index in [-0.39, 0.29) is 17.2 Å². The van der Waals surface area contributed by atoms with Gasteiger partial charge in [0.15, 0.2) is 0 Å². The number of anilines is 3. The van der Waals surface area contributed by atoms with E-state index in [1.54, 1.807) is 42.5 Å². The highest BCUT2D eigenvalue weighted by Crippen LogP contribution is 2.19. The largest absolute Gasteiger partial charge is 0.338 e. The van der Waals surface area contributed by atoms with Crippen molar-refractivity contribution in [3.05, 3.63) is 78.0 Å². The first kappa shape index (κ1) is 16.1. The molecule has 25 heavy (non-hydrogen) atoms. The average molecular weight is 333 g/mol. The van der Waals surface area contributed by atoms with Gasteiger partial charge in [0.1, 0.15) is 29.7 Å². The fourth-order valence-electron chi connectivity index (χ4n) is 2.13. The number of amides is 1. The average Bonchev–Trinajstić information content (AvgIpc) is 2.64. The van der Waals surface area contributed by atoms with E-state index >= 15 is 0 Å². The molecule has 0 saturated heterocycles. The Bertz CT molecular complexity index is 967. The van der Waals surface area contributed by atoms with Crippen molar-refractivity contribution in [2.45, 2.75) is 0 Å². The van der Waals surface area contributed by atoms with Crippen LogP contribution in [0.2, 0.25) is 0 Å². The van der Waals surface area contributed by atoms with Gasteiger partial charge in [-0.15, -0.1) is 0 Å². The van der Waals surface area contributed by atoms with E-state index in [4.69, 9.17) is 5.26 Å². The Hall–Kier alpha value is -3.79. The smallest absolute Gasteiger partial charge is 0.274 e. The molecule has 0 aliphatic carbocycles. The van der Waals surface area contributed by atoms with E-state index < -0.39 is 11.7 Å². The van der Waals surface area contributed by atoms with Crippen LogP contribution in [0.15, 0.2) is 60.9 Å². The molecule has 0 saturated carbocycles. The van der Waals surface area contributed by atoms with Gasteiger partial charge in [0.05, 0.1) is 16.9 Å². The molecule has 3 aromatic rings. The van der Waals surface area contributed by atoms with Crippen LogP contribution >= 0.6 is 0 Å². The van der Waals surface area contributed by atoms with E-state index in [9.17, 15) is 9.18 Å². The lowest BCUT2D eigenvalue weighted by atomic mass is 10.2. The third kappa shape index (κ3) is 3.76. The topological polar surface area (TPSA) is 90.7 Å². The quantitative estimate of drug-likeness (QED) is 0.763. The van der Waals surface area contributed by atoms with Crippen LogP contribution in [-0.4, -0.2) is 15.9 Å². The number of rotatable bonds is 4. The number of carbonyl (C=O) groups excluding carboxylic acids is 1. The van der Waals surface area contributed by atoms with Gasteiger partial charge in [0.25, 0.3) is 5.91 Å². The minimum Gasteiger partial charge on any atom is -0.338 e. The van der Waals surface area contributed by atoms with Crippen molar-refractivity contribution >= 4 is 23.1 Å². The second-order valence-corrected chi connectivity index (χ2v) is 5.00. The highest BCUT2D eigenvalue weighted by atomic mass is 19.1. The van der Waals surface area contributed by atoms with Gasteiger partial charge in [0, 0.05) is 6.07 Å². The maximum absolute atomic E-state index is 13.7. The number of nitrogens with one attached hydrogen (secondary N) is 2. The molecule has 0 aliphatic rings. The predicted molar refractivity (Wildman–Crippen MR) is 90.8 cm³/mol. The van der Waals surface area contributed by atoms with Crippen LogP contribution in [0.5, 0.6) is 0 Å². The van der Waals surface area contributed by atoms with Crippen molar-refractivity contribution in [2.75, 3.05) is 10.6 Å². The van der Waals surface area contributed by atoms with Gasteiger partial charge in [0.2, 0.25) is 0 Å². The number of benzene rings is 2.